The van der Waals surface area contributed by atoms with Crippen molar-refractivity contribution in [2.24, 2.45) is 0 Å². The molecule has 0 aliphatic heterocycles. The van der Waals surface area contributed by atoms with Crippen LogP contribution in [-0.4, -0.2) is 14.2 Å². The Morgan fingerprint density at radius 3 is 2.62 bits per heavy atom. The summed E-state index contributed by atoms with van der Waals surface area (Å²) >= 11 is 0. The van der Waals surface area contributed by atoms with Gasteiger partial charge in [-0.3, -0.25) is 0 Å². The Balaban J connectivity index is 2.46. The number of methoxy groups -OCH3 is 2. The predicted octanol–water partition coefficient (Wildman–Crippen LogP) is 3.20. The molecule has 0 saturated heterocycles. The van der Waals surface area contributed by atoms with Crippen LogP contribution in [0.3, 0.4) is 0 Å². The van der Waals surface area contributed by atoms with Crippen LogP contribution < -0.4 is 9.47 Å². The normalized spacial score (nSPS) is 11.1. The zero-order valence-electron chi connectivity index (χ0n) is 8.94. The van der Waals surface area contributed by atoms with Crippen LogP contribution in [0.1, 0.15) is 0 Å². The monoisotopic (exact) mass is 218 g/mol. The molecule has 3 aromatic rings. The van der Waals surface area contributed by atoms with Gasteiger partial charge in [0.2, 0.25) is 5.75 Å². The lowest BCUT2D eigenvalue weighted by atomic mass is 10.2. The van der Waals surface area contributed by atoms with E-state index >= 15 is 0 Å². The van der Waals surface area contributed by atoms with Crippen molar-refractivity contribution < 1.29 is 18.3 Å². The summed E-state index contributed by atoms with van der Waals surface area (Å²) in [5.41, 5.74) is 0.649. The highest BCUT2D eigenvalue weighted by molar-refractivity contribution is 6.06. The van der Waals surface area contributed by atoms with Gasteiger partial charge in [-0.15, -0.1) is 0 Å². The van der Waals surface area contributed by atoms with Crippen molar-refractivity contribution in [3.63, 3.8) is 0 Å². The van der Waals surface area contributed by atoms with Gasteiger partial charge in [-0.2, -0.15) is 0 Å². The molecule has 0 bridgehead atoms. The molecular weight excluding hydrogens is 208 g/mol. The molecule has 0 atom stereocenters. The quantitative estimate of drug-likeness (QED) is 0.662. The van der Waals surface area contributed by atoms with E-state index in [2.05, 4.69) is 0 Å². The van der Waals surface area contributed by atoms with Crippen LogP contribution in [0, 0.1) is 0 Å². The number of benzene rings is 1. The van der Waals surface area contributed by atoms with Crippen LogP contribution in [0.4, 0.5) is 0 Å². The van der Waals surface area contributed by atoms with Crippen LogP contribution in [0.2, 0.25) is 0 Å². The molecule has 0 N–H and O–H groups in total. The van der Waals surface area contributed by atoms with Crippen LogP contribution in [0.15, 0.2) is 33.3 Å². The molecule has 0 aliphatic rings. The molecule has 2 heterocycles. The second-order valence-corrected chi connectivity index (χ2v) is 3.40. The minimum absolute atomic E-state index is 0.501. The van der Waals surface area contributed by atoms with E-state index < -0.39 is 0 Å². The van der Waals surface area contributed by atoms with Crippen LogP contribution in [0.25, 0.3) is 22.1 Å². The first-order valence-corrected chi connectivity index (χ1v) is 4.86. The van der Waals surface area contributed by atoms with E-state index in [1.165, 1.54) is 0 Å². The molecule has 1 aromatic carbocycles. The summed E-state index contributed by atoms with van der Waals surface area (Å²) in [7, 11) is 3.18. The maximum absolute atomic E-state index is 5.59. The second-order valence-electron chi connectivity index (χ2n) is 3.40. The largest absolute Gasteiger partial charge is 0.493 e. The predicted molar refractivity (Wildman–Crippen MR) is 59.1 cm³/mol. The maximum atomic E-state index is 5.59. The highest BCUT2D eigenvalue weighted by Gasteiger charge is 2.16. The zero-order chi connectivity index (χ0) is 11.1. The summed E-state index contributed by atoms with van der Waals surface area (Å²) in [6, 6.07) is 5.65. The van der Waals surface area contributed by atoms with Crippen LogP contribution in [0.5, 0.6) is 11.5 Å². The van der Waals surface area contributed by atoms with Crippen molar-refractivity contribution in [2.45, 2.75) is 0 Å². The summed E-state index contributed by atoms with van der Waals surface area (Å²) in [6.07, 6.45) is 1.60. The van der Waals surface area contributed by atoms with E-state index in [4.69, 9.17) is 18.3 Å². The van der Waals surface area contributed by atoms with Crippen LogP contribution in [-0.2, 0) is 0 Å². The average Bonchev–Trinajstić information content (AvgIpc) is 2.87. The fourth-order valence-electron chi connectivity index (χ4n) is 1.88. The molecule has 4 nitrogen and oxygen atoms in total. The van der Waals surface area contributed by atoms with Crippen molar-refractivity contribution >= 4 is 22.1 Å². The number of furan rings is 2. The molecule has 82 valence electrons. The van der Waals surface area contributed by atoms with Gasteiger partial charge in [0, 0.05) is 5.39 Å². The van der Waals surface area contributed by atoms with Gasteiger partial charge in [-0.25, -0.2) is 0 Å². The average molecular weight is 218 g/mol. The molecule has 0 radical (unpaired) electrons. The highest BCUT2D eigenvalue weighted by atomic mass is 16.5. The molecule has 4 heteroatoms. The Morgan fingerprint density at radius 1 is 1.00 bits per heavy atom. The molecule has 16 heavy (non-hydrogen) atoms. The lowest BCUT2D eigenvalue weighted by Gasteiger charge is -2.06. The number of hydrogen-bond acceptors (Lipinski definition) is 4. The number of ether oxygens (including phenoxy) is 2. The van der Waals surface area contributed by atoms with Gasteiger partial charge in [-0.1, -0.05) is 0 Å². The van der Waals surface area contributed by atoms with Crippen molar-refractivity contribution in [3.8, 4) is 11.5 Å². The first-order chi connectivity index (χ1) is 7.85. The van der Waals surface area contributed by atoms with Crippen molar-refractivity contribution in [2.75, 3.05) is 14.2 Å². The Kier molecular flexibility index (Phi) is 1.83. The fourth-order valence-corrected chi connectivity index (χ4v) is 1.88. The highest BCUT2D eigenvalue weighted by Crippen LogP contribution is 2.40. The lowest BCUT2D eigenvalue weighted by Crippen LogP contribution is -1.89. The lowest BCUT2D eigenvalue weighted by molar-refractivity contribution is 0.353. The summed E-state index contributed by atoms with van der Waals surface area (Å²) < 4.78 is 21.3. The second kappa shape index (κ2) is 3.20. The SMILES string of the molecule is COc1ccc2c(oc3occc32)c1OC. The zero-order valence-corrected chi connectivity index (χ0v) is 8.94. The molecule has 3 rings (SSSR count). The Hall–Kier alpha value is -2.10. The Labute approximate surface area is 91.3 Å². The van der Waals surface area contributed by atoms with Gasteiger partial charge < -0.3 is 18.3 Å². The molecule has 0 aliphatic carbocycles. The summed E-state index contributed by atoms with van der Waals surface area (Å²) in [4.78, 5) is 0. The third-order valence-electron chi connectivity index (χ3n) is 2.61. The third-order valence-corrected chi connectivity index (χ3v) is 2.61. The smallest absolute Gasteiger partial charge is 0.298 e. The van der Waals surface area contributed by atoms with Gasteiger partial charge in [0.1, 0.15) is 0 Å². The fraction of sp³-hybridized carbons (Fsp3) is 0.167. The molecule has 0 amide bonds. The molecule has 0 unspecified atom stereocenters. The van der Waals surface area contributed by atoms with Crippen molar-refractivity contribution in [3.05, 3.63) is 24.5 Å². The van der Waals surface area contributed by atoms with E-state index in [0.29, 0.717) is 22.9 Å². The van der Waals surface area contributed by atoms with Gasteiger partial charge in [0.05, 0.1) is 25.9 Å². The summed E-state index contributed by atoms with van der Waals surface area (Å²) in [6.45, 7) is 0. The number of hydrogen-bond donors (Lipinski definition) is 0. The molecule has 0 spiro atoms. The van der Waals surface area contributed by atoms with Crippen molar-refractivity contribution in [1.82, 2.24) is 0 Å². The molecule has 2 aromatic heterocycles. The molecular formula is C12H10O4. The summed E-state index contributed by atoms with van der Waals surface area (Å²) in [5.74, 6) is 1.74. The number of fused-ring (bicyclic) bond motifs is 3. The van der Waals surface area contributed by atoms with E-state index in [-0.39, 0.29) is 0 Å². The minimum Gasteiger partial charge on any atom is -0.493 e. The van der Waals surface area contributed by atoms with E-state index in [9.17, 15) is 0 Å². The van der Waals surface area contributed by atoms with Gasteiger partial charge in [0.15, 0.2) is 11.3 Å². The van der Waals surface area contributed by atoms with Gasteiger partial charge in [0.25, 0.3) is 5.78 Å². The maximum Gasteiger partial charge on any atom is 0.298 e. The third kappa shape index (κ3) is 1.04. The van der Waals surface area contributed by atoms with E-state index in [1.54, 1.807) is 20.5 Å². The van der Waals surface area contributed by atoms with Crippen LogP contribution >= 0.6 is 0 Å². The van der Waals surface area contributed by atoms with Gasteiger partial charge >= 0.3 is 0 Å². The first kappa shape index (κ1) is 9.15. The van der Waals surface area contributed by atoms with Gasteiger partial charge in [-0.05, 0) is 18.2 Å². The summed E-state index contributed by atoms with van der Waals surface area (Å²) in [5, 5.41) is 1.90. The van der Waals surface area contributed by atoms with E-state index in [1.807, 2.05) is 18.2 Å². The first-order valence-electron chi connectivity index (χ1n) is 4.86. The van der Waals surface area contributed by atoms with E-state index in [0.717, 1.165) is 10.8 Å². The van der Waals surface area contributed by atoms with Crippen molar-refractivity contribution in [1.29, 1.82) is 0 Å². The Morgan fingerprint density at radius 2 is 1.88 bits per heavy atom. The Bertz CT molecular complexity index is 647. The molecule has 0 saturated carbocycles. The number of rotatable bonds is 2. The topological polar surface area (TPSA) is 44.7 Å². The minimum atomic E-state index is 0.501. The standard InChI is InChI=1S/C12H10O4/c1-13-9-4-3-7-8-5-6-15-12(8)16-10(7)11(9)14-2/h3-6H,1-2H3. The molecule has 0 fully saturated rings.